The minimum Gasteiger partial charge on any atom is -0.507 e. The third-order valence-corrected chi connectivity index (χ3v) is 2.97. The summed E-state index contributed by atoms with van der Waals surface area (Å²) in [6, 6.07) is 1.04. The summed E-state index contributed by atoms with van der Waals surface area (Å²) in [5, 5.41) is 27.1. The predicted molar refractivity (Wildman–Crippen MR) is 52.1 cm³/mol. The van der Waals surface area contributed by atoms with E-state index in [4.69, 9.17) is 10.2 Å². The number of carbonyl (C=O) groups is 1. The van der Waals surface area contributed by atoms with E-state index in [9.17, 15) is 9.90 Å². The number of aromatic carboxylic acids is 1. The lowest BCUT2D eigenvalue weighted by molar-refractivity contribution is 0.0695. The van der Waals surface area contributed by atoms with Crippen LogP contribution in [0, 0.1) is 0 Å². The predicted octanol–water partition coefficient (Wildman–Crippen LogP) is 2.32. The van der Waals surface area contributed by atoms with Crippen LogP contribution in [0.5, 0.6) is 11.5 Å². The van der Waals surface area contributed by atoms with Gasteiger partial charge in [-0.2, -0.15) is 0 Å². The SMILES string of the molecule is O=C(O)c1cc(O)c(Br)c(O)c1Br. The number of rotatable bonds is 1. The highest BCUT2D eigenvalue weighted by Gasteiger charge is 2.17. The zero-order chi connectivity index (χ0) is 10.2. The summed E-state index contributed by atoms with van der Waals surface area (Å²) in [4.78, 5) is 10.6. The molecule has 70 valence electrons. The van der Waals surface area contributed by atoms with Crippen molar-refractivity contribution in [2.75, 3.05) is 0 Å². The van der Waals surface area contributed by atoms with Gasteiger partial charge >= 0.3 is 5.97 Å². The van der Waals surface area contributed by atoms with Crippen LogP contribution in [-0.4, -0.2) is 21.3 Å². The second-order valence-electron chi connectivity index (χ2n) is 2.22. The van der Waals surface area contributed by atoms with Crippen molar-refractivity contribution in [3.05, 3.63) is 20.6 Å². The first kappa shape index (κ1) is 10.3. The molecule has 0 aromatic heterocycles. The van der Waals surface area contributed by atoms with E-state index in [0.29, 0.717) is 0 Å². The largest absolute Gasteiger partial charge is 0.507 e. The molecular weight excluding hydrogens is 308 g/mol. The monoisotopic (exact) mass is 310 g/mol. The molecule has 0 spiro atoms. The molecule has 1 aromatic carbocycles. The van der Waals surface area contributed by atoms with E-state index in [1.165, 1.54) is 0 Å². The average molecular weight is 312 g/mol. The van der Waals surface area contributed by atoms with Gasteiger partial charge in [0.1, 0.15) is 16.0 Å². The Labute approximate surface area is 90.1 Å². The maximum atomic E-state index is 10.6. The molecule has 13 heavy (non-hydrogen) atoms. The summed E-state index contributed by atoms with van der Waals surface area (Å²) in [5.41, 5.74) is -0.196. The zero-order valence-electron chi connectivity index (χ0n) is 6.08. The van der Waals surface area contributed by atoms with Crippen LogP contribution < -0.4 is 0 Å². The van der Waals surface area contributed by atoms with Gasteiger partial charge in [0.05, 0.1) is 10.0 Å². The Morgan fingerprint density at radius 2 is 1.77 bits per heavy atom. The van der Waals surface area contributed by atoms with Crippen LogP contribution in [0.4, 0.5) is 0 Å². The summed E-state index contributed by atoms with van der Waals surface area (Å²) in [6.45, 7) is 0. The number of aromatic hydroxyl groups is 2. The Morgan fingerprint density at radius 1 is 1.23 bits per heavy atom. The Morgan fingerprint density at radius 3 is 2.23 bits per heavy atom. The van der Waals surface area contributed by atoms with Crippen LogP contribution in [0.15, 0.2) is 15.0 Å². The van der Waals surface area contributed by atoms with Crippen molar-refractivity contribution in [2.24, 2.45) is 0 Å². The van der Waals surface area contributed by atoms with Gasteiger partial charge < -0.3 is 15.3 Å². The lowest BCUT2D eigenvalue weighted by atomic mass is 10.2. The molecule has 0 aliphatic rings. The fourth-order valence-corrected chi connectivity index (χ4v) is 1.83. The molecule has 0 bridgehead atoms. The third kappa shape index (κ3) is 1.78. The summed E-state index contributed by atoms with van der Waals surface area (Å²) in [5.74, 6) is -1.89. The van der Waals surface area contributed by atoms with Gasteiger partial charge in [-0.25, -0.2) is 4.79 Å². The maximum Gasteiger partial charge on any atom is 0.337 e. The molecule has 6 heteroatoms. The van der Waals surface area contributed by atoms with Crippen molar-refractivity contribution in [3.63, 3.8) is 0 Å². The van der Waals surface area contributed by atoms with Crippen LogP contribution in [0.3, 0.4) is 0 Å². The van der Waals surface area contributed by atoms with Crippen molar-refractivity contribution in [2.45, 2.75) is 0 Å². The van der Waals surface area contributed by atoms with Gasteiger partial charge in [0, 0.05) is 0 Å². The Balaban J connectivity index is 3.50. The average Bonchev–Trinajstić information content (AvgIpc) is 2.07. The number of carboxylic acids is 1. The number of halogens is 2. The van der Waals surface area contributed by atoms with Gasteiger partial charge in [0.25, 0.3) is 0 Å². The first-order valence-electron chi connectivity index (χ1n) is 3.08. The molecular formula is C7H4Br2O4. The van der Waals surface area contributed by atoms with E-state index in [1.54, 1.807) is 0 Å². The fraction of sp³-hybridized carbons (Fsp3) is 0. The summed E-state index contributed by atoms with van der Waals surface area (Å²) in [7, 11) is 0. The number of carboxylic acid groups (broad SMARTS) is 1. The van der Waals surface area contributed by atoms with E-state index >= 15 is 0 Å². The number of phenolic OH excluding ortho intramolecular Hbond substituents is 2. The highest BCUT2D eigenvalue weighted by Crippen LogP contribution is 2.40. The van der Waals surface area contributed by atoms with Gasteiger partial charge in [0.15, 0.2) is 0 Å². The van der Waals surface area contributed by atoms with Crippen molar-refractivity contribution in [1.82, 2.24) is 0 Å². The molecule has 0 unspecified atom stereocenters. The van der Waals surface area contributed by atoms with E-state index in [0.717, 1.165) is 6.07 Å². The van der Waals surface area contributed by atoms with Crippen LogP contribution in [-0.2, 0) is 0 Å². The summed E-state index contributed by atoms with van der Waals surface area (Å²) < 4.78 is 0.0917. The lowest BCUT2D eigenvalue weighted by Gasteiger charge is -2.05. The number of phenols is 2. The van der Waals surface area contributed by atoms with E-state index < -0.39 is 5.97 Å². The first-order valence-corrected chi connectivity index (χ1v) is 4.67. The molecule has 0 aliphatic heterocycles. The van der Waals surface area contributed by atoms with E-state index in [-0.39, 0.29) is 26.0 Å². The Bertz CT molecular complexity index is 375. The third-order valence-electron chi connectivity index (χ3n) is 1.39. The number of hydrogen-bond donors (Lipinski definition) is 3. The molecule has 0 saturated heterocycles. The summed E-state index contributed by atoms with van der Waals surface area (Å²) in [6.07, 6.45) is 0. The standard InChI is InChI=1S/C7H4Br2O4/c8-4-2(7(12)13)1-3(10)5(9)6(4)11/h1,10-11H,(H,12,13). The zero-order valence-corrected chi connectivity index (χ0v) is 9.26. The second-order valence-corrected chi connectivity index (χ2v) is 3.81. The summed E-state index contributed by atoms with van der Waals surface area (Å²) >= 11 is 5.78. The molecule has 0 heterocycles. The Hall–Kier alpha value is -0.750. The Kier molecular flexibility index (Phi) is 2.82. The highest BCUT2D eigenvalue weighted by molar-refractivity contribution is 9.11. The molecule has 0 atom stereocenters. The molecule has 3 N–H and O–H groups in total. The smallest absolute Gasteiger partial charge is 0.337 e. The minimum absolute atomic E-state index is 0.0321. The van der Waals surface area contributed by atoms with E-state index in [2.05, 4.69) is 31.9 Å². The van der Waals surface area contributed by atoms with Crippen molar-refractivity contribution in [3.8, 4) is 11.5 Å². The maximum absolute atomic E-state index is 10.6. The van der Waals surface area contributed by atoms with Gasteiger partial charge in [-0.05, 0) is 37.9 Å². The minimum atomic E-state index is -1.23. The van der Waals surface area contributed by atoms with Gasteiger partial charge in [-0.3, -0.25) is 0 Å². The molecule has 4 nitrogen and oxygen atoms in total. The number of hydrogen-bond acceptors (Lipinski definition) is 3. The molecule has 1 rings (SSSR count). The molecule has 0 aliphatic carbocycles. The van der Waals surface area contributed by atoms with Crippen LogP contribution in [0.2, 0.25) is 0 Å². The van der Waals surface area contributed by atoms with Crippen molar-refractivity contribution >= 4 is 37.8 Å². The highest BCUT2D eigenvalue weighted by atomic mass is 79.9. The van der Waals surface area contributed by atoms with Crippen molar-refractivity contribution in [1.29, 1.82) is 0 Å². The number of benzene rings is 1. The lowest BCUT2D eigenvalue weighted by Crippen LogP contribution is -1.97. The molecule has 0 fully saturated rings. The van der Waals surface area contributed by atoms with E-state index in [1.807, 2.05) is 0 Å². The molecule has 0 amide bonds. The van der Waals surface area contributed by atoms with Crippen molar-refractivity contribution < 1.29 is 20.1 Å². The van der Waals surface area contributed by atoms with Gasteiger partial charge in [0.2, 0.25) is 0 Å². The van der Waals surface area contributed by atoms with Gasteiger partial charge in [-0.1, -0.05) is 0 Å². The quantitative estimate of drug-likeness (QED) is 0.744. The van der Waals surface area contributed by atoms with Crippen LogP contribution in [0.1, 0.15) is 10.4 Å². The molecule has 0 saturated carbocycles. The molecule has 1 aromatic rings. The molecule has 0 radical (unpaired) electrons. The first-order chi connectivity index (χ1) is 5.95. The van der Waals surface area contributed by atoms with Gasteiger partial charge in [-0.15, -0.1) is 0 Å². The second kappa shape index (κ2) is 3.55. The normalized spacial score (nSPS) is 10.0. The van der Waals surface area contributed by atoms with Crippen LogP contribution in [0.25, 0.3) is 0 Å². The topological polar surface area (TPSA) is 77.8 Å². The van der Waals surface area contributed by atoms with Crippen LogP contribution >= 0.6 is 31.9 Å². The fourth-order valence-electron chi connectivity index (χ4n) is 0.764.